The highest BCUT2D eigenvalue weighted by Crippen LogP contribution is 2.18. The van der Waals surface area contributed by atoms with Crippen molar-refractivity contribution in [2.45, 2.75) is 39.3 Å². The molecule has 0 amide bonds. The number of para-hydroxylation sites is 1. The number of hydrogen-bond donors (Lipinski definition) is 1. The first kappa shape index (κ1) is 13.0. The van der Waals surface area contributed by atoms with Gasteiger partial charge in [0.05, 0.1) is 0 Å². The number of nitrogens with one attached hydrogen (secondary N) is 1. The van der Waals surface area contributed by atoms with Crippen LogP contribution < -0.4 is 10.1 Å². The fraction of sp³-hybridized carbons (Fsp3) is 0.538. The number of rotatable bonds is 6. The summed E-state index contributed by atoms with van der Waals surface area (Å²) in [4.78, 5) is 0. The molecule has 2 atom stereocenters. The quantitative estimate of drug-likeness (QED) is 0.803. The molecule has 1 aromatic carbocycles. The molecule has 0 aliphatic carbocycles. The van der Waals surface area contributed by atoms with Crippen LogP contribution in [0.2, 0.25) is 0 Å². The van der Waals surface area contributed by atoms with Crippen LogP contribution in [-0.2, 0) is 0 Å². The Hall–Kier alpha value is -1.09. The zero-order valence-corrected chi connectivity index (χ0v) is 10.2. The van der Waals surface area contributed by atoms with Crippen molar-refractivity contribution in [2.75, 3.05) is 6.54 Å². The molecule has 0 saturated heterocycles. The minimum absolute atomic E-state index is 0.0400. The van der Waals surface area contributed by atoms with Gasteiger partial charge in [0, 0.05) is 6.04 Å². The van der Waals surface area contributed by atoms with Crippen molar-refractivity contribution in [1.29, 1.82) is 0 Å². The molecule has 2 unspecified atom stereocenters. The Balaban J connectivity index is 2.62. The van der Waals surface area contributed by atoms with Gasteiger partial charge in [0.2, 0.25) is 0 Å². The lowest BCUT2D eigenvalue weighted by molar-refractivity contribution is 0.161. The lowest BCUT2D eigenvalue weighted by Gasteiger charge is -2.24. The van der Waals surface area contributed by atoms with Gasteiger partial charge in [0.25, 0.3) is 0 Å². The summed E-state index contributed by atoms with van der Waals surface area (Å²) in [6, 6.07) is 6.76. The van der Waals surface area contributed by atoms with E-state index in [-0.39, 0.29) is 18.0 Å². The summed E-state index contributed by atoms with van der Waals surface area (Å²) in [5.41, 5.74) is 0. The van der Waals surface area contributed by atoms with Crippen LogP contribution in [0.5, 0.6) is 5.75 Å². The van der Waals surface area contributed by atoms with Crippen molar-refractivity contribution in [3.8, 4) is 5.75 Å². The fourth-order valence-electron chi connectivity index (χ4n) is 1.73. The molecule has 0 aliphatic heterocycles. The molecule has 1 N–H and O–H groups in total. The van der Waals surface area contributed by atoms with Crippen LogP contribution in [0.25, 0.3) is 0 Å². The lowest BCUT2D eigenvalue weighted by Crippen LogP contribution is -2.40. The van der Waals surface area contributed by atoms with E-state index in [2.05, 4.69) is 19.2 Å². The molecular weight excluding hydrogens is 205 g/mol. The van der Waals surface area contributed by atoms with Crippen LogP contribution in [0.3, 0.4) is 0 Å². The SMILES string of the molecule is CCNC(CC)C(C)Oc1ccccc1F. The molecule has 1 rings (SSSR count). The Morgan fingerprint density at radius 3 is 2.56 bits per heavy atom. The van der Waals surface area contributed by atoms with Gasteiger partial charge in [-0.15, -0.1) is 0 Å². The van der Waals surface area contributed by atoms with Gasteiger partial charge in [0.1, 0.15) is 6.10 Å². The van der Waals surface area contributed by atoms with E-state index in [9.17, 15) is 4.39 Å². The van der Waals surface area contributed by atoms with Gasteiger partial charge in [-0.25, -0.2) is 4.39 Å². The predicted octanol–water partition coefficient (Wildman–Crippen LogP) is 2.98. The number of benzene rings is 1. The molecule has 90 valence electrons. The predicted molar refractivity (Wildman–Crippen MR) is 64.2 cm³/mol. The third-order valence-electron chi connectivity index (χ3n) is 2.62. The highest BCUT2D eigenvalue weighted by atomic mass is 19.1. The fourth-order valence-corrected chi connectivity index (χ4v) is 1.73. The maximum Gasteiger partial charge on any atom is 0.165 e. The van der Waals surface area contributed by atoms with E-state index in [0.717, 1.165) is 13.0 Å². The average Bonchev–Trinajstić information content (AvgIpc) is 2.29. The van der Waals surface area contributed by atoms with Crippen molar-refractivity contribution < 1.29 is 9.13 Å². The average molecular weight is 225 g/mol. The van der Waals surface area contributed by atoms with E-state index in [0.29, 0.717) is 5.75 Å². The minimum atomic E-state index is -0.305. The molecule has 0 saturated carbocycles. The first-order chi connectivity index (χ1) is 7.69. The zero-order chi connectivity index (χ0) is 12.0. The topological polar surface area (TPSA) is 21.3 Å². The smallest absolute Gasteiger partial charge is 0.165 e. The molecule has 16 heavy (non-hydrogen) atoms. The van der Waals surface area contributed by atoms with Crippen LogP contribution in [0.4, 0.5) is 4.39 Å². The Kier molecular flexibility index (Phi) is 5.26. The summed E-state index contributed by atoms with van der Waals surface area (Å²) in [6.45, 7) is 7.00. The second-order valence-corrected chi connectivity index (χ2v) is 3.83. The standard InChI is InChI=1S/C13H20FNO/c1-4-12(15-5-2)10(3)16-13-9-7-6-8-11(13)14/h6-10,12,15H,4-5H2,1-3H3. The van der Waals surface area contributed by atoms with Crippen LogP contribution in [0.15, 0.2) is 24.3 Å². The molecule has 1 aromatic rings. The van der Waals surface area contributed by atoms with Crippen molar-refractivity contribution in [3.05, 3.63) is 30.1 Å². The van der Waals surface area contributed by atoms with Crippen molar-refractivity contribution in [1.82, 2.24) is 5.32 Å². The van der Waals surface area contributed by atoms with Gasteiger partial charge >= 0.3 is 0 Å². The maximum absolute atomic E-state index is 13.4. The Morgan fingerprint density at radius 1 is 1.31 bits per heavy atom. The normalized spacial score (nSPS) is 14.5. The van der Waals surface area contributed by atoms with Gasteiger partial charge in [-0.05, 0) is 32.0 Å². The maximum atomic E-state index is 13.4. The number of likely N-dealkylation sites (N-methyl/N-ethyl adjacent to an activating group) is 1. The molecule has 0 aliphatic rings. The van der Waals surface area contributed by atoms with Crippen molar-refractivity contribution in [3.63, 3.8) is 0 Å². The van der Waals surface area contributed by atoms with E-state index >= 15 is 0 Å². The third kappa shape index (κ3) is 3.49. The van der Waals surface area contributed by atoms with Gasteiger partial charge in [-0.2, -0.15) is 0 Å². The lowest BCUT2D eigenvalue weighted by atomic mass is 10.1. The zero-order valence-electron chi connectivity index (χ0n) is 10.2. The largest absolute Gasteiger partial charge is 0.486 e. The molecule has 0 spiro atoms. The summed E-state index contributed by atoms with van der Waals surface area (Å²) >= 11 is 0. The summed E-state index contributed by atoms with van der Waals surface area (Å²) in [7, 11) is 0. The number of ether oxygens (including phenoxy) is 1. The van der Waals surface area contributed by atoms with Gasteiger partial charge in [-0.1, -0.05) is 26.0 Å². The molecule has 3 heteroatoms. The second-order valence-electron chi connectivity index (χ2n) is 3.83. The van der Waals surface area contributed by atoms with E-state index in [1.807, 2.05) is 6.92 Å². The third-order valence-corrected chi connectivity index (χ3v) is 2.62. The Bertz CT molecular complexity index is 317. The Morgan fingerprint density at radius 2 is 2.00 bits per heavy atom. The highest BCUT2D eigenvalue weighted by molar-refractivity contribution is 5.23. The van der Waals surface area contributed by atoms with Gasteiger partial charge in [-0.3, -0.25) is 0 Å². The molecular formula is C13H20FNO. The summed E-state index contributed by atoms with van der Waals surface area (Å²) in [5.74, 6) is 0.0204. The van der Waals surface area contributed by atoms with E-state index in [1.54, 1.807) is 18.2 Å². The summed E-state index contributed by atoms with van der Waals surface area (Å²) < 4.78 is 19.0. The van der Waals surface area contributed by atoms with Crippen LogP contribution >= 0.6 is 0 Å². The molecule has 0 fully saturated rings. The molecule has 0 aromatic heterocycles. The highest BCUT2D eigenvalue weighted by Gasteiger charge is 2.16. The second kappa shape index (κ2) is 6.48. The minimum Gasteiger partial charge on any atom is -0.486 e. The number of halogens is 1. The van der Waals surface area contributed by atoms with Crippen LogP contribution in [-0.4, -0.2) is 18.7 Å². The van der Waals surface area contributed by atoms with Crippen molar-refractivity contribution >= 4 is 0 Å². The monoisotopic (exact) mass is 225 g/mol. The van der Waals surface area contributed by atoms with Gasteiger partial charge in [0.15, 0.2) is 11.6 Å². The molecule has 0 radical (unpaired) electrons. The van der Waals surface area contributed by atoms with E-state index in [1.165, 1.54) is 6.07 Å². The molecule has 0 bridgehead atoms. The van der Waals surface area contributed by atoms with Crippen LogP contribution in [0, 0.1) is 5.82 Å². The first-order valence-electron chi connectivity index (χ1n) is 5.83. The van der Waals surface area contributed by atoms with Crippen molar-refractivity contribution in [2.24, 2.45) is 0 Å². The van der Waals surface area contributed by atoms with Gasteiger partial charge < -0.3 is 10.1 Å². The summed E-state index contributed by atoms with van der Waals surface area (Å²) in [5, 5.41) is 3.32. The number of hydrogen-bond acceptors (Lipinski definition) is 2. The summed E-state index contributed by atoms with van der Waals surface area (Å²) in [6.07, 6.45) is 0.922. The molecule has 2 nitrogen and oxygen atoms in total. The molecule has 0 heterocycles. The first-order valence-corrected chi connectivity index (χ1v) is 5.83. The Labute approximate surface area is 96.8 Å². The van der Waals surface area contributed by atoms with E-state index < -0.39 is 0 Å². The van der Waals surface area contributed by atoms with E-state index in [4.69, 9.17) is 4.74 Å². The van der Waals surface area contributed by atoms with Crippen LogP contribution in [0.1, 0.15) is 27.2 Å².